The van der Waals surface area contributed by atoms with Crippen molar-refractivity contribution in [3.8, 4) is 5.75 Å². The van der Waals surface area contributed by atoms with Crippen LogP contribution >= 0.6 is 23.4 Å². The van der Waals surface area contributed by atoms with Gasteiger partial charge in [-0.25, -0.2) is 0 Å². The van der Waals surface area contributed by atoms with Crippen LogP contribution in [0.2, 0.25) is 5.02 Å². The van der Waals surface area contributed by atoms with E-state index in [9.17, 15) is 5.11 Å². The number of allylic oxidation sites excluding steroid dienone is 1. The van der Waals surface area contributed by atoms with Crippen LogP contribution in [0.15, 0.2) is 40.2 Å². The second kappa shape index (κ2) is 11.4. The van der Waals surface area contributed by atoms with E-state index in [0.29, 0.717) is 10.8 Å². The van der Waals surface area contributed by atoms with Crippen molar-refractivity contribution >= 4 is 34.5 Å². The van der Waals surface area contributed by atoms with Crippen LogP contribution in [-0.4, -0.2) is 41.1 Å². The van der Waals surface area contributed by atoms with Gasteiger partial charge in [-0.2, -0.15) is 0 Å². The van der Waals surface area contributed by atoms with Gasteiger partial charge in [0.05, 0.1) is 16.7 Å². The largest absolute Gasteiger partial charge is 0.489 e. The van der Waals surface area contributed by atoms with Gasteiger partial charge in [0.15, 0.2) is 0 Å². The first-order chi connectivity index (χ1) is 11.9. The molecule has 1 atom stereocenters. The molecular formula is C19H26ClNO3S. The summed E-state index contributed by atoms with van der Waals surface area (Å²) in [5, 5.41) is 19.6. The van der Waals surface area contributed by atoms with Gasteiger partial charge in [0.2, 0.25) is 0 Å². The fourth-order valence-corrected chi connectivity index (χ4v) is 2.90. The number of hydrogen-bond acceptors (Lipinski definition) is 5. The highest BCUT2D eigenvalue weighted by molar-refractivity contribution is 8.17. The summed E-state index contributed by atoms with van der Waals surface area (Å²) >= 11 is 7.83. The van der Waals surface area contributed by atoms with Gasteiger partial charge in [0.1, 0.15) is 18.5 Å². The van der Waals surface area contributed by atoms with Crippen molar-refractivity contribution in [2.75, 3.05) is 19.8 Å². The zero-order valence-corrected chi connectivity index (χ0v) is 16.5. The van der Waals surface area contributed by atoms with Gasteiger partial charge in [0, 0.05) is 11.4 Å². The van der Waals surface area contributed by atoms with Crippen molar-refractivity contribution in [3.63, 3.8) is 0 Å². The van der Waals surface area contributed by atoms with E-state index in [1.807, 2.05) is 26.0 Å². The normalized spacial score (nSPS) is 13.7. The number of benzene rings is 1. The lowest BCUT2D eigenvalue weighted by atomic mass is 10.1. The Balaban J connectivity index is 2.91. The van der Waals surface area contributed by atoms with Gasteiger partial charge in [-0.15, -0.1) is 0 Å². The van der Waals surface area contributed by atoms with Crippen LogP contribution in [0.25, 0.3) is 6.08 Å². The van der Waals surface area contributed by atoms with Gasteiger partial charge < -0.3 is 14.9 Å². The lowest BCUT2D eigenvalue weighted by Gasteiger charge is -2.12. The van der Waals surface area contributed by atoms with Crippen LogP contribution in [0.1, 0.15) is 32.8 Å². The lowest BCUT2D eigenvalue weighted by Crippen LogP contribution is -2.21. The minimum absolute atomic E-state index is 0.00857. The van der Waals surface area contributed by atoms with Gasteiger partial charge in [-0.3, -0.25) is 4.99 Å². The highest BCUT2D eigenvalue weighted by Gasteiger charge is 2.08. The monoisotopic (exact) mass is 383 g/mol. The second-order valence-electron chi connectivity index (χ2n) is 5.63. The summed E-state index contributed by atoms with van der Waals surface area (Å²) < 4.78 is 5.40. The van der Waals surface area contributed by atoms with Gasteiger partial charge in [-0.05, 0) is 49.6 Å². The minimum Gasteiger partial charge on any atom is -0.489 e. The van der Waals surface area contributed by atoms with Crippen molar-refractivity contribution in [2.24, 2.45) is 4.99 Å². The molecule has 0 saturated carbocycles. The van der Waals surface area contributed by atoms with Crippen LogP contribution in [0.5, 0.6) is 5.75 Å². The predicted molar refractivity (Wildman–Crippen MR) is 109 cm³/mol. The third kappa shape index (κ3) is 8.10. The van der Waals surface area contributed by atoms with E-state index in [0.717, 1.165) is 34.1 Å². The molecule has 4 nitrogen and oxygen atoms in total. The summed E-state index contributed by atoms with van der Waals surface area (Å²) in [6, 6.07) is 5.43. The van der Waals surface area contributed by atoms with E-state index in [-0.39, 0.29) is 13.2 Å². The summed E-state index contributed by atoms with van der Waals surface area (Å²) in [7, 11) is 0. The Morgan fingerprint density at radius 1 is 1.44 bits per heavy atom. The maximum Gasteiger partial charge on any atom is 0.138 e. The number of aliphatic hydroxyl groups excluding tert-OH is 2. The molecule has 0 unspecified atom stereocenters. The van der Waals surface area contributed by atoms with E-state index in [1.54, 1.807) is 23.9 Å². The van der Waals surface area contributed by atoms with Crippen molar-refractivity contribution < 1.29 is 14.9 Å². The van der Waals surface area contributed by atoms with Crippen molar-refractivity contribution in [1.29, 1.82) is 0 Å². The first-order valence-corrected chi connectivity index (χ1v) is 9.34. The molecule has 0 aromatic heterocycles. The molecule has 25 heavy (non-hydrogen) atoms. The fourth-order valence-electron chi connectivity index (χ4n) is 1.81. The molecule has 1 rings (SSSR count). The maximum atomic E-state index is 9.34. The molecule has 138 valence electrons. The molecule has 1 aromatic rings. The molecule has 0 aliphatic carbocycles. The highest BCUT2D eigenvalue weighted by Crippen LogP contribution is 2.30. The average molecular weight is 384 g/mol. The summed E-state index contributed by atoms with van der Waals surface area (Å²) in [6.07, 6.45) is 2.11. The Morgan fingerprint density at radius 3 is 2.72 bits per heavy atom. The maximum absolute atomic E-state index is 9.34. The summed E-state index contributed by atoms with van der Waals surface area (Å²) in [5.41, 5.74) is 1.88. The molecule has 0 bridgehead atoms. The fraction of sp³-hybridized carbons (Fsp3) is 0.421. The predicted octanol–water partition coefficient (Wildman–Crippen LogP) is 4.55. The molecule has 0 radical (unpaired) electrons. The van der Waals surface area contributed by atoms with Gasteiger partial charge in [-0.1, -0.05) is 42.9 Å². The third-order valence-corrected chi connectivity index (χ3v) is 4.54. The molecule has 0 spiro atoms. The van der Waals surface area contributed by atoms with Crippen molar-refractivity contribution in [2.45, 2.75) is 33.3 Å². The molecule has 2 N–H and O–H groups in total. The van der Waals surface area contributed by atoms with Crippen LogP contribution in [0, 0.1) is 0 Å². The first kappa shape index (κ1) is 21.8. The first-order valence-electron chi connectivity index (χ1n) is 8.15. The average Bonchev–Trinajstić information content (AvgIpc) is 2.58. The van der Waals surface area contributed by atoms with E-state index in [1.165, 1.54) is 0 Å². The smallest absolute Gasteiger partial charge is 0.138 e. The van der Waals surface area contributed by atoms with E-state index in [4.69, 9.17) is 21.4 Å². The van der Waals surface area contributed by atoms with E-state index in [2.05, 4.69) is 18.5 Å². The van der Waals surface area contributed by atoms with Crippen molar-refractivity contribution in [1.82, 2.24) is 0 Å². The number of aliphatic imine (C=N–C) groups is 1. The molecule has 1 aromatic carbocycles. The number of halogens is 1. The zero-order chi connectivity index (χ0) is 18.8. The topological polar surface area (TPSA) is 62.0 Å². The number of ether oxygens (including phenoxy) is 1. The van der Waals surface area contributed by atoms with Crippen molar-refractivity contribution in [3.05, 3.63) is 45.8 Å². The Kier molecular flexibility index (Phi) is 9.90. The van der Waals surface area contributed by atoms with E-state index >= 15 is 0 Å². The Morgan fingerprint density at radius 2 is 2.16 bits per heavy atom. The van der Waals surface area contributed by atoms with Gasteiger partial charge in [0.25, 0.3) is 0 Å². The summed E-state index contributed by atoms with van der Waals surface area (Å²) in [5.74, 6) is 0.469. The van der Waals surface area contributed by atoms with E-state index < -0.39 is 6.10 Å². The lowest BCUT2D eigenvalue weighted by molar-refractivity contribution is 0.0536. The Hall–Kier alpha value is -1.27. The second-order valence-corrected chi connectivity index (χ2v) is 7.27. The highest BCUT2D eigenvalue weighted by atomic mass is 35.5. The number of nitrogens with zero attached hydrogens (tertiary/aromatic N) is 1. The molecule has 0 amide bonds. The standard InChI is InChI=1S/C19H26ClNO3S/c1-5-8-21-14(4)25-19(13(2)3)10-15-6-7-18(17(20)9-15)24-12-16(23)11-22/h6-7,9-10,16,22-23H,2,5,8,11-12H2,1,3-4H3/b19-10-,21-14?/t16-/m1/s1. The summed E-state index contributed by atoms with van der Waals surface area (Å²) in [4.78, 5) is 5.52. The number of hydrogen-bond donors (Lipinski definition) is 2. The molecule has 0 saturated heterocycles. The molecule has 6 heteroatoms. The zero-order valence-electron chi connectivity index (χ0n) is 15.0. The van der Waals surface area contributed by atoms with Crippen LogP contribution < -0.4 is 4.74 Å². The SMILES string of the molecule is C=C(C)/C(=C/c1ccc(OC[C@H](O)CO)c(Cl)c1)SC(C)=NCCC. The van der Waals surface area contributed by atoms with Crippen LogP contribution in [0.4, 0.5) is 0 Å². The van der Waals surface area contributed by atoms with Crippen LogP contribution in [0.3, 0.4) is 0 Å². The molecule has 0 heterocycles. The quantitative estimate of drug-likeness (QED) is 0.373. The molecule has 0 aliphatic heterocycles. The Labute approximate surface area is 159 Å². The molecule has 0 fully saturated rings. The number of thioether (sulfide) groups is 1. The molecular weight excluding hydrogens is 358 g/mol. The summed E-state index contributed by atoms with van der Waals surface area (Å²) in [6.45, 7) is 10.5. The Bertz CT molecular complexity index is 644. The third-order valence-electron chi connectivity index (χ3n) is 3.13. The van der Waals surface area contributed by atoms with Gasteiger partial charge >= 0.3 is 0 Å². The number of rotatable bonds is 9. The molecule has 0 aliphatic rings. The van der Waals surface area contributed by atoms with Crippen LogP contribution in [-0.2, 0) is 0 Å². The minimum atomic E-state index is -0.924. The number of aliphatic hydroxyl groups is 2.